The quantitative estimate of drug-likeness (QED) is 0.855. The molecule has 0 bridgehead atoms. The minimum atomic E-state index is -0.978. The zero-order chi connectivity index (χ0) is 11.5. The number of halogens is 2. The van der Waals surface area contributed by atoms with Crippen LogP contribution in [-0.4, -0.2) is 17.8 Å². The molecule has 0 aliphatic carbocycles. The molecular formula is C12H12F2O2. The highest BCUT2D eigenvalue weighted by atomic mass is 19.1. The lowest BCUT2D eigenvalue weighted by Gasteiger charge is -2.13. The highest BCUT2D eigenvalue weighted by Crippen LogP contribution is 2.20. The minimum Gasteiger partial charge on any atom is -0.495 e. The van der Waals surface area contributed by atoms with Crippen LogP contribution in [0.25, 0.3) is 0 Å². The molecule has 4 heteroatoms. The van der Waals surface area contributed by atoms with Gasteiger partial charge in [-0.15, -0.1) is 0 Å². The summed E-state index contributed by atoms with van der Waals surface area (Å²) in [4.78, 5) is 0. The predicted molar refractivity (Wildman–Crippen MR) is 54.7 cm³/mol. The van der Waals surface area contributed by atoms with Crippen LogP contribution in [0, 0.1) is 11.6 Å². The maximum atomic E-state index is 13.3. The first-order chi connectivity index (χ1) is 7.68. The fraction of sp³-hybridized carbons (Fsp3) is 0.333. The van der Waals surface area contributed by atoms with Gasteiger partial charge in [0.1, 0.15) is 23.5 Å². The Morgan fingerprint density at radius 2 is 2.00 bits per heavy atom. The van der Waals surface area contributed by atoms with E-state index in [1.54, 1.807) is 6.08 Å². The van der Waals surface area contributed by atoms with Crippen molar-refractivity contribution in [1.82, 2.24) is 0 Å². The number of hydrogen-bond donors (Lipinski definition) is 1. The van der Waals surface area contributed by atoms with Gasteiger partial charge in [0.15, 0.2) is 0 Å². The van der Waals surface area contributed by atoms with Gasteiger partial charge in [0.05, 0.1) is 6.61 Å². The molecule has 0 amide bonds. The summed E-state index contributed by atoms with van der Waals surface area (Å²) in [5.74, 6) is -0.877. The lowest BCUT2D eigenvalue weighted by Crippen LogP contribution is -2.16. The molecule has 0 spiro atoms. The third-order valence-corrected chi connectivity index (χ3v) is 2.52. The van der Waals surface area contributed by atoms with Gasteiger partial charge in [-0.25, -0.2) is 8.78 Å². The molecule has 1 N–H and O–H groups in total. The molecule has 1 aromatic rings. The van der Waals surface area contributed by atoms with Crippen molar-refractivity contribution in [2.75, 3.05) is 6.61 Å². The van der Waals surface area contributed by atoms with Crippen LogP contribution >= 0.6 is 0 Å². The number of aliphatic hydroxyl groups excluding tert-OH is 1. The second kappa shape index (κ2) is 4.61. The van der Waals surface area contributed by atoms with Crippen molar-refractivity contribution in [2.45, 2.75) is 18.9 Å². The molecule has 1 aliphatic rings. The minimum absolute atomic E-state index is 0.105. The van der Waals surface area contributed by atoms with Crippen molar-refractivity contribution < 1.29 is 18.6 Å². The Kier molecular flexibility index (Phi) is 3.19. The van der Waals surface area contributed by atoms with Crippen LogP contribution in [0.3, 0.4) is 0 Å². The third kappa shape index (κ3) is 2.22. The highest BCUT2D eigenvalue weighted by molar-refractivity contribution is 5.22. The number of aliphatic hydroxyl groups is 1. The van der Waals surface area contributed by atoms with Crippen molar-refractivity contribution in [1.29, 1.82) is 0 Å². The first-order valence-corrected chi connectivity index (χ1v) is 5.12. The molecule has 2 nitrogen and oxygen atoms in total. The van der Waals surface area contributed by atoms with Crippen LogP contribution in [0.5, 0.6) is 0 Å². The summed E-state index contributed by atoms with van der Waals surface area (Å²) in [6.07, 6.45) is 1.38. The van der Waals surface area contributed by atoms with Crippen LogP contribution in [0.15, 0.2) is 30.0 Å². The maximum Gasteiger partial charge on any atom is 0.129 e. The Balaban J connectivity index is 2.14. The Bertz CT molecular complexity index is 395. The van der Waals surface area contributed by atoms with E-state index in [0.717, 1.165) is 6.42 Å². The van der Waals surface area contributed by atoms with Gasteiger partial charge >= 0.3 is 0 Å². The van der Waals surface area contributed by atoms with E-state index in [9.17, 15) is 13.9 Å². The highest BCUT2D eigenvalue weighted by Gasteiger charge is 2.20. The molecule has 86 valence electrons. The smallest absolute Gasteiger partial charge is 0.129 e. The van der Waals surface area contributed by atoms with Crippen LogP contribution in [0.2, 0.25) is 0 Å². The Hall–Kier alpha value is -1.42. The molecule has 0 fully saturated rings. The average molecular weight is 226 g/mol. The van der Waals surface area contributed by atoms with Crippen molar-refractivity contribution in [3.63, 3.8) is 0 Å². The molecule has 0 aromatic heterocycles. The van der Waals surface area contributed by atoms with Crippen molar-refractivity contribution in [3.05, 3.63) is 47.2 Å². The lowest BCUT2D eigenvalue weighted by atomic mass is 10.1. The molecule has 16 heavy (non-hydrogen) atoms. The predicted octanol–water partition coefficient (Wildman–Crippen LogP) is 2.17. The van der Waals surface area contributed by atoms with E-state index < -0.39 is 17.7 Å². The van der Waals surface area contributed by atoms with Crippen molar-refractivity contribution in [2.24, 2.45) is 0 Å². The SMILES string of the molecule is OC(Cc1c(F)cccc1F)C1=CCCO1. The fourth-order valence-corrected chi connectivity index (χ4v) is 1.69. The van der Waals surface area contributed by atoms with Gasteiger partial charge in [-0.2, -0.15) is 0 Å². The van der Waals surface area contributed by atoms with E-state index in [1.165, 1.54) is 18.2 Å². The second-order valence-corrected chi connectivity index (χ2v) is 3.66. The van der Waals surface area contributed by atoms with E-state index in [4.69, 9.17) is 4.74 Å². The van der Waals surface area contributed by atoms with Crippen LogP contribution in [0.1, 0.15) is 12.0 Å². The second-order valence-electron chi connectivity index (χ2n) is 3.66. The van der Waals surface area contributed by atoms with Gasteiger partial charge in [-0.3, -0.25) is 0 Å². The van der Waals surface area contributed by atoms with Crippen LogP contribution < -0.4 is 0 Å². The summed E-state index contributed by atoms with van der Waals surface area (Å²) in [7, 11) is 0. The van der Waals surface area contributed by atoms with E-state index in [-0.39, 0.29) is 12.0 Å². The van der Waals surface area contributed by atoms with E-state index in [0.29, 0.717) is 12.4 Å². The van der Waals surface area contributed by atoms with Crippen molar-refractivity contribution >= 4 is 0 Å². The summed E-state index contributed by atoms with van der Waals surface area (Å²) in [5.41, 5.74) is -0.105. The molecule has 1 aliphatic heterocycles. The Morgan fingerprint density at radius 3 is 2.56 bits per heavy atom. The van der Waals surface area contributed by atoms with Gasteiger partial charge in [0.25, 0.3) is 0 Å². The standard InChI is InChI=1S/C12H12F2O2/c13-9-3-1-4-10(14)8(9)7-11(15)12-5-2-6-16-12/h1,3-5,11,15H,2,6-7H2. The maximum absolute atomic E-state index is 13.3. The average Bonchev–Trinajstić information content (AvgIpc) is 2.76. The monoisotopic (exact) mass is 226 g/mol. The van der Waals surface area contributed by atoms with E-state index in [1.807, 2.05) is 0 Å². The largest absolute Gasteiger partial charge is 0.495 e. The number of benzene rings is 1. The normalized spacial score (nSPS) is 16.8. The van der Waals surface area contributed by atoms with Crippen LogP contribution in [-0.2, 0) is 11.2 Å². The zero-order valence-electron chi connectivity index (χ0n) is 8.62. The first kappa shape index (κ1) is 11.1. The Morgan fingerprint density at radius 1 is 1.31 bits per heavy atom. The fourth-order valence-electron chi connectivity index (χ4n) is 1.69. The molecule has 1 atom stereocenters. The molecule has 0 radical (unpaired) electrons. The van der Waals surface area contributed by atoms with Gasteiger partial charge < -0.3 is 9.84 Å². The number of rotatable bonds is 3. The van der Waals surface area contributed by atoms with Crippen molar-refractivity contribution in [3.8, 4) is 0 Å². The molecule has 1 unspecified atom stereocenters. The molecule has 0 saturated heterocycles. The summed E-state index contributed by atoms with van der Waals surface area (Å²) in [6, 6.07) is 3.65. The summed E-state index contributed by atoms with van der Waals surface area (Å²) < 4.78 is 31.7. The first-order valence-electron chi connectivity index (χ1n) is 5.12. The number of ether oxygens (including phenoxy) is 1. The van der Waals surface area contributed by atoms with Gasteiger partial charge in [0.2, 0.25) is 0 Å². The van der Waals surface area contributed by atoms with Gasteiger partial charge in [-0.05, 0) is 18.2 Å². The Labute approximate surface area is 92.2 Å². The summed E-state index contributed by atoms with van der Waals surface area (Å²) in [6.45, 7) is 0.520. The number of hydrogen-bond acceptors (Lipinski definition) is 2. The third-order valence-electron chi connectivity index (χ3n) is 2.52. The molecular weight excluding hydrogens is 214 g/mol. The van der Waals surface area contributed by atoms with E-state index >= 15 is 0 Å². The topological polar surface area (TPSA) is 29.5 Å². The molecule has 0 saturated carbocycles. The molecule has 1 heterocycles. The summed E-state index contributed by atoms with van der Waals surface area (Å²) >= 11 is 0. The lowest BCUT2D eigenvalue weighted by molar-refractivity contribution is 0.117. The summed E-state index contributed by atoms with van der Waals surface area (Å²) in [5, 5.41) is 9.72. The van der Waals surface area contributed by atoms with Gasteiger partial charge in [0, 0.05) is 18.4 Å². The molecule has 2 rings (SSSR count). The zero-order valence-corrected chi connectivity index (χ0v) is 8.62. The van der Waals surface area contributed by atoms with Crippen LogP contribution in [0.4, 0.5) is 8.78 Å². The van der Waals surface area contributed by atoms with E-state index in [2.05, 4.69) is 0 Å². The molecule has 1 aromatic carbocycles. The van der Waals surface area contributed by atoms with Gasteiger partial charge in [-0.1, -0.05) is 6.07 Å².